The summed E-state index contributed by atoms with van der Waals surface area (Å²) in [5.41, 5.74) is -0.242. The first kappa shape index (κ1) is 16.0. The Morgan fingerprint density at radius 1 is 1.16 bits per heavy atom. The normalized spacial score (nSPS) is 20.7. The lowest BCUT2D eigenvalue weighted by Crippen LogP contribution is -2.34. The van der Waals surface area contributed by atoms with Gasteiger partial charge in [-0.15, -0.1) is 0 Å². The van der Waals surface area contributed by atoms with Crippen molar-refractivity contribution in [3.63, 3.8) is 0 Å². The molecular weight excluding hydrogens is 242 g/mol. The van der Waals surface area contributed by atoms with Crippen LogP contribution >= 0.6 is 0 Å². The Bertz CT molecular complexity index is 355. The van der Waals surface area contributed by atoms with E-state index < -0.39 is 11.4 Å². The number of carbonyl (C=O) groups is 2. The van der Waals surface area contributed by atoms with Crippen molar-refractivity contribution in [2.75, 3.05) is 13.1 Å². The number of aliphatic carboxylic acids is 1. The van der Waals surface area contributed by atoms with Gasteiger partial charge < -0.3 is 10.0 Å². The summed E-state index contributed by atoms with van der Waals surface area (Å²) in [6.07, 6.45) is 1.40. The van der Waals surface area contributed by atoms with Crippen molar-refractivity contribution in [3.8, 4) is 0 Å². The molecule has 1 atom stereocenters. The molecule has 4 nitrogen and oxygen atoms in total. The maximum absolute atomic E-state index is 12.2. The van der Waals surface area contributed by atoms with Crippen molar-refractivity contribution in [1.29, 1.82) is 0 Å². The van der Waals surface area contributed by atoms with Gasteiger partial charge in [0, 0.05) is 19.5 Å². The van der Waals surface area contributed by atoms with E-state index in [0.717, 1.165) is 19.5 Å². The molecule has 1 saturated heterocycles. The van der Waals surface area contributed by atoms with Crippen LogP contribution in [0.3, 0.4) is 0 Å². The predicted molar refractivity (Wildman–Crippen MR) is 74.8 cm³/mol. The minimum absolute atomic E-state index is 0.0370. The fraction of sp³-hybridized carbons (Fsp3) is 0.867. The fourth-order valence-corrected chi connectivity index (χ4v) is 2.69. The number of rotatable bonds is 4. The second-order valence-corrected chi connectivity index (χ2v) is 7.60. The van der Waals surface area contributed by atoms with E-state index in [2.05, 4.69) is 20.8 Å². The zero-order valence-electron chi connectivity index (χ0n) is 12.8. The van der Waals surface area contributed by atoms with E-state index in [4.69, 9.17) is 5.11 Å². The summed E-state index contributed by atoms with van der Waals surface area (Å²) < 4.78 is 0. The summed E-state index contributed by atoms with van der Waals surface area (Å²) in [6, 6.07) is 0. The van der Waals surface area contributed by atoms with Gasteiger partial charge in [0.15, 0.2) is 0 Å². The Kier molecular flexibility index (Phi) is 4.64. The van der Waals surface area contributed by atoms with E-state index >= 15 is 0 Å². The van der Waals surface area contributed by atoms with Gasteiger partial charge in [0.1, 0.15) is 0 Å². The molecule has 4 heteroatoms. The van der Waals surface area contributed by atoms with Gasteiger partial charge in [-0.3, -0.25) is 9.59 Å². The van der Waals surface area contributed by atoms with Crippen LogP contribution in [0.5, 0.6) is 0 Å². The van der Waals surface area contributed by atoms with Crippen molar-refractivity contribution < 1.29 is 14.7 Å². The van der Waals surface area contributed by atoms with E-state index in [-0.39, 0.29) is 17.7 Å². The van der Waals surface area contributed by atoms with Gasteiger partial charge in [-0.2, -0.15) is 0 Å². The Morgan fingerprint density at radius 3 is 2.16 bits per heavy atom. The van der Waals surface area contributed by atoms with Crippen molar-refractivity contribution in [2.45, 2.75) is 53.9 Å². The van der Waals surface area contributed by atoms with E-state index in [1.54, 1.807) is 0 Å². The van der Waals surface area contributed by atoms with Gasteiger partial charge in [-0.05, 0) is 23.2 Å². The molecule has 19 heavy (non-hydrogen) atoms. The second-order valence-electron chi connectivity index (χ2n) is 7.60. The van der Waals surface area contributed by atoms with Crippen molar-refractivity contribution in [2.24, 2.45) is 16.7 Å². The van der Waals surface area contributed by atoms with Crippen LogP contribution in [0, 0.1) is 16.7 Å². The lowest BCUT2D eigenvalue weighted by Gasteiger charge is -2.28. The van der Waals surface area contributed by atoms with Gasteiger partial charge in [-0.1, -0.05) is 34.6 Å². The largest absolute Gasteiger partial charge is 0.481 e. The van der Waals surface area contributed by atoms with Crippen LogP contribution in [0.15, 0.2) is 0 Å². The maximum Gasteiger partial charge on any atom is 0.303 e. The number of hydrogen-bond acceptors (Lipinski definition) is 2. The molecule has 1 unspecified atom stereocenters. The topological polar surface area (TPSA) is 57.6 Å². The van der Waals surface area contributed by atoms with Crippen molar-refractivity contribution in [3.05, 3.63) is 0 Å². The zero-order chi connectivity index (χ0) is 14.8. The third kappa shape index (κ3) is 4.84. The minimum Gasteiger partial charge on any atom is -0.481 e. The van der Waals surface area contributed by atoms with Crippen LogP contribution in [0.4, 0.5) is 0 Å². The standard InChI is InChI=1S/C15H27NO3/c1-14(2,3)11-6-7-16(10-11)12(17)8-15(4,5)9-13(18)19/h11H,6-10H2,1-5H3,(H,18,19). The first-order valence-corrected chi connectivity index (χ1v) is 7.01. The smallest absolute Gasteiger partial charge is 0.303 e. The van der Waals surface area contributed by atoms with E-state index in [0.29, 0.717) is 12.3 Å². The summed E-state index contributed by atoms with van der Waals surface area (Å²) in [6.45, 7) is 11.9. The summed E-state index contributed by atoms with van der Waals surface area (Å²) in [5.74, 6) is -0.205. The van der Waals surface area contributed by atoms with Crippen LogP contribution in [-0.2, 0) is 9.59 Å². The summed E-state index contributed by atoms with van der Waals surface area (Å²) in [7, 11) is 0. The van der Waals surface area contributed by atoms with Crippen molar-refractivity contribution >= 4 is 11.9 Å². The fourth-order valence-electron chi connectivity index (χ4n) is 2.69. The van der Waals surface area contributed by atoms with Crippen LogP contribution < -0.4 is 0 Å². The Labute approximate surface area is 116 Å². The van der Waals surface area contributed by atoms with E-state index in [1.165, 1.54) is 0 Å². The first-order chi connectivity index (χ1) is 8.51. The highest BCUT2D eigenvalue weighted by Gasteiger charge is 2.35. The third-order valence-corrected chi connectivity index (χ3v) is 4.03. The number of amides is 1. The second kappa shape index (κ2) is 5.51. The quantitative estimate of drug-likeness (QED) is 0.853. The number of nitrogens with zero attached hydrogens (tertiary/aromatic N) is 1. The van der Waals surface area contributed by atoms with Crippen LogP contribution in [0.25, 0.3) is 0 Å². The Hall–Kier alpha value is -1.06. The Balaban J connectivity index is 2.54. The Morgan fingerprint density at radius 2 is 1.74 bits per heavy atom. The molecule has 0 aromatic heterocycles. The summed E-state index contributed by atoms with van der Waals surface area (Å²) in [5, 5.41) is 8.85. The molecule has 0 radical (unpaired) electrons. The molecule has 0 saturated carbocycles. The molecule has 0 spiro atoms. The van der Waals surface area contributed by atoms with Crippen LogP contribution in [0.2, 0.25) is 0 Å². The third-order valence-electron chi connectivity index (χ3n) is 4.03. The van der Waals surface area contributed by atoms with E-state index in [1.807, 2.05) is 18.7 Å². The number of hydrogen-bond donors (Lipinski definition) is 1. The molecule has 0 bridgehead atoms. The summed E-state index contributed by atoms with van der Waals surface area (Å²) in [4.78, 5) is 24.9. The molecular formula is C15H27NO3. The van der Waals surface area contributed by atoms with Gasteiger partial charge in [0.05, 0.1) is 6.42 Å². The zero-order valence-corrected chi connectivity index (χ0v) is 12.8. The molecule has 1 heterocycles. The molecule has 1 aliphatic heterocycles. The molecule has 0 aromatic carbocycles. The SMILES string of the molecule is CC(C)(CC(=O)O)CC(=O)N1CCC(C(C)(C)C)C1. The molecule has 110 valence electrons. The molecule has 1 rings (SSSR count). The predicted octanol–water partition coefficient (Wildman–Crippen LogP) is 2.77. The van der Waals surface area contributed by atoms with Gasteiger partial charge in [0.25, 0.3) is 0 Å². The maximum atomic E-state index is 12.2. The summed E-state index contributed by atoms with van der Waals surface area (Å²) >= 11 is 0. The van der Waals surface area contributed by atoms with Crippen molar-refractivity contribution in [1.82, 2.24) is 4.90 Å². The molecule has 1 amide bonds. The lowest BCUT2D eigenvalue weighted by atomic mass is 9.80. The van der Waals surface area contributed by atoms with Crippen LogP contribution in [0.1, 0.15) is 53.9 Å². The van der Waals surface area contributed by atoms with E-state index in [9.17, 15) is 9.59 Å². The highest BCUT2D eigenvalue weighted by Crippen LogP contribution is 2.35. The molecule has 0 aliphatic carbocycles. The number of carboxylic acids is 1. The number of likely N-dealkylation sites (tertiary alicyclic amines) is 1. The monoisotopic (exact) mass is 269 g/mol. The minimum atomic E-state index is -0.841. The van der Waals surface area contributed by atoms with Crippen LogP contribution in [-0.4, -0.2) is 35.0 Å². The number of carbonyl (C=O) groups excluding carboxylic acids is 1. The van der Waals surface area contributed by atoms with Gasteiger partial charge in [0.2, 0.25) is 5.91 Å². The van der Waals surface area contributed by atoms with Gasteiger partial charge in [-0.25, -0.2) is 0 Å². The average Bonchev–Trinajstić information content (AvgIpc) is 2.61. The molecule has 1 N–H and O–H groups in total. The first-order valence-electron chi connectivity index (χ1n) is 7.01. The lowest BCUT2D eigenvalue weighted by molar-refractivity contribution is -0.140. The molecule has 1 aliphatic rings. The molecule has 0 aromatic rings. The molecule has 1 fully saturated rings. The highest BCUT2D eigenvalue weighted by atomic mass is 16.4. The highest BCUT2D eigenvalue weighted by molar-refractivity contribution is 5.78. The average molecular weight is 269 g/mol. The number of carboxylic acid groups (broad SMARTS) is 1. The van der Waals surface area contributed by atoms with Gasteiger partial charge >= 0.3 is 5.97 Å².